The van der Waals surface area contributed by atoms with E-state index in [1.165, 1.54) is 57.9 Å². The highest BCUT2D eigenvalue weighted by Crippen LogP contribution is 2.51. The molecule has 3 N–H and O–H groups in total. The van der Waals surface area contributed by atoms with Gasteiger partial charge in [0.05, 0.1) is 38.1 Å². The van der Waals surface area contributed by atoms with Crippen LogP contribution >= 0.6 is 7.29 Å². The number of imidazole rings is 1. The average molecular weight is 601 g/mol. The smallest absolute Gasteiger partial charge is 0.408 e. The molecule has 15 heteroatoms. The van der Waals surface area contributed by atoms with E-state index in [1.807, 2.05) is 6.92 Å². The van der Waals surface area contributed by atoms with Gasteiger partial charge in [0.25, 0.3) is 0 Å². The summed E-state index contributed by atoms with van der Waals surface area (Å²) >= 11 is 0. The van der Waals surface area contributed by atoms with Crippen LogP contribution in [0.2, 0.25) is 0 Å². The molecule has 41 heavy (non-hydrogen) atoms. The van der Waals surface area contributed by atoms with E-state index in [1.54, 1.807) is 11.5 Å². The van der Waals surface area contributed by atoms with Gasteiger partial charge in [0, 0.05) is 6.16 Å². The van der Waals surface area contributed by atoms with E-state index in [2.05, 4.69) is 20.0 Å². The maximum Gasteiger partial charge on any atom is 0.408 e. The van der Waals surface area contributed by atoms with Gasteiger partial charge in [0.15, 0.2) is 18.8 Å². The van der Waals surface area contributed by atoms with Crippen molar-refractivity contribution >= 4 is 30.2 Å². The van der Waals surface area contributed by atoms with Crippen molar-refractivity contribution in [2.24, 2.45) is 5.41 Å². The van der Waals surface area contributed by atoms with Crippen molar-refractivity contribution in [1.29, 1.82) is 0 Å². The van der Waals surface area contributed by atoms with Crippen molar-refractivity contribution in [1.82, 2.24) is 24.6 Å². The summed E-state index contributed by atoms with van der Waals surface area (Å²) in [6.07, 6.45) is -3.14. The zero-order chi connectivity index (χ0) is 30.4. The molecule has 0 saturated heterocycles. The number of carbonyl (C=O) groups is 1. The molecule has 3 rings (SSSR count). The molecular formula is C26H36F3N6O5P. The number of aromatic nitrogens is 4. The van der Waals surface area contributed by atoms with Crippen LogP contribution in [0.1, 0.15) is 45.7 Å². The van der Waals surface area contributed by atoms with Gasteiger partial charge in [-0.25, -0.2) is 20.0 Å². The van der Waals surface area contributed by atoms with Gasteiger partial charge in [0.2, 0.25) is 0 Å². The molecule has 2 aromatic heterocycles. The zero-order valence-electron chi connectivity index (χ0n) is 23.6. The summed E-state index contributed by atoms with van der Waals surface area (Å²) in [5.74, 6) is -0.260. The van der Waals surface area contributed by atoms with E-state index in [4.69, 9.17) is 19.9 Å². The van der Waals surface area contributed by atoms with Crippen LogP contribution in [0.5, 0.6) is 5.75 Å². The lowest BCUT2D eigenvalue weighted by atomic mass is 9.97. The third kappa shape index (κ3) is 8.40. The van der Waals surface area contributed by atoms with Gasteiger partial charge in [0.1, 0.15) is 30.0 Å². The van der Waals surface area contributed by atoms with Crippen molar-refractivity contribution in [2.45, 2.75) is 59.0 Å². The van der Waals surface area contributed by atoms with Gasteiger partial charge in [-0.05, 0) is 44.9 Å². The molecule has 0 spiro atoms. The Bertz CT molecular complexity index is 1380. The van der Waals surface area contributed by atoms with Crippen molar-refractivity contribution in [2.75, 3.05) is 32.0 Å². The molecule has 1 aromatic carbocycles. The molecule has 0 aliphatic rings. The van der Waals surface area contributed by atoms with Crippen molar-refractivity contribution in [3.8, 4) is 5.75 Å². The predicted octanol–water partition coefficient (Wildman–Crippen LogP) is 4.93. The molecule has 3 atom stereocenters. The number of nitrogens with two attached hydrogens (primary N) is 1. The molecule has 0 bridgehead atoms. The summed E-state index contributed by atoms with van der Waals surface area (Å²) in [6, 6.07) is 3.08. The first-order chi connectivity index (χ1) is 19.2. The number of fused-ring (bicyclic) bond motifs is 1. The highest BCUT2D eigenvalue weighted by Gasteiger charge is 2.47. The van der Waals surface area contributed by atoms with Crippen LogP contribution in [0.4, 0.5) is 19.0 Å². The van der Waals surface area contributed by atoms with Gasteiger partial charge in [-0.3, -0.25) is 4.79 Å². The lowest BCUT2D eigenvalue weighted by molar-refractivity contribution is -0.153. The third-order valence-electron chi connectivity index (χ3n) is 6.21. The Kier molecular flexibility index (Phi) is 10.4. The van der Waals surface area contributed by atoms with Crippen LogP contribution < -0.4 is 15.6 Å². The summed E-state index contributed by atoms with van der Waals surface area (Å²) in [5, 5.41) is 2.34. The monoisotopic (exact) mass is 600 g/mol. The molecule has 11 nitrogen and oxygen atoms in total. The van der Waals surface area contributed by atoms with E-state index in [-0.39, 0.29) is 30.3 Å². The number of esters is 1. The maximum atomic E-state index is 14.4. The van der Waals surface area contributed by atoms with E-state index in [0.29, 0.717) is 17.6 Å². The number of carbonyl (C=O) groups excluding carboxylic acids is 1. The normalized spacial score (nSPS) is 15.3. The number of hydrogen-bond acceptors (Lipinski definition) is 9. The Morgan fingerprint density at radius 3 is 2.61 bits per heavy atom. The number of alkyl halides is 3. The number of anilines is 1. The van der Waals surface area contributed by atoms with E-state index < -0.39 is 49.5 Å². The van der Waals surface area contributed by atoms with Crippen LogP contribution in [0.25, 0.3) is 11.2 Å². The second-order valence-corrected chi connectivity index (χ2v) is 13.0. The highest BCUT2D eigenvalue weighted by atomic mass is 31.2. The van der Waals surface area contributed by atoms with Crippen LogP contribution in [0.15, 0.2) is 36.9 Å². The van der Waals surface area contributed by atoms with Crippen LogP contribution in [0.3, 0.4) is 0 Å². The van der Waals surface area contributed by atoms with Crippen molar-refractivity contribution in [3.05, 3.63) is 42.5 Å². The number of nitrogens with one attached hydrogen (secondary N) is 1. The molecule has 0 fully saturated rings. The number of rotatable bonds is 14. The van der Waals surface area contributed by atoms with E-state index in [0.717, 1.165) is 0 Å². The molecule has 3 aromatic rings. The van der Waals surface area contributed by atoms with Crippen molar-refractivity contribution < 1.29 is 36.7 Å². The van der Waals surface area contributed by atoms with Crippen LogP contribution in [-0.2, 0) is 25.4 Å². The quantitative estimate of drug-likeness (QED) is 0.193. The van der Waals surface area contributed by atoms with Gasteiger partial charge in [-0.2, -0.15) is 13.2 Å². The van der Waals surface area contributed by atoms with Gasteiger partial charge in [-0.1, -0.05) is 19.1 Å². The Balaban J connectivity index is 1.89. The Morgan fingerprint density at radius 1 is 1.22 bits per heavy atom. The predicted molar refractivity (Wildman–Crippen MR) is 148 cm³/mol. The first-order valence-corrected chi connectivity index (χ1v) is 15.0. The second kappa shape index (κ2) is 13.2. The lowest BCUT2D eigenvalue weighted by Crippen LogP contribution is -2.38. The summed E-state index contributed by atoms with van der Waals surface area (Å²) in [4.78, 5) is 25.0. The van der Waals surface area contributed by atoms with Gasteiger partial charge >= 0.3 is 12.1 Å². The molecule has 0 amide bonds. The van der Waals surface area contributed by atoms with Gasteiger partial charge < -0.3 is 29.1 Å². The Morgan fingerprint density at radius 2 is 1.95 bits per heavy atom. The van der Waals surface area contributed by atoms with Crippen molar-refractivity contribution in [3.63, 3.8) is 0 Å². The van der Waals surface area contributed by atoms with E-state index >= 15 is 0 Å². The highest BCUT2D eigenvalue weighted by molar-refractivity contribution is 7.61. The summed E-state index contributed by atoms with van der Waals surface area (Å²) in [6.45, 7) is 6.78. The Hall–Kier alpha value is -3.22. The van der Waals surface area contributed by atoms with Crippen LogP contribution in [-0.4, -0.2) is 64.0 Å². The zero-order valence-corrected chi connectivity index (χ0v) is 24.5. The number of halogens is 3. The number of benzene rings is 1. The van der Waals surface area contributed by atoms with E-state index in [9.17, 15) is 22.5 Å². The third-order valence-corrected chi connectivity index (χ3v) is 8.81. The molecule has 1 unspecified atom stereocenters. The molecule has 0 aliphatic carbocycles. The fourth-order valence-electron chi connectivity index (χ4n) is 4.22. The average Bonchev–Trinajstić information content (AvgIpc) is 3.32. The molecular weight excluding hydrogens is 564 g/mol. The number of nitrogens with zero attached hydrogens (tertiary/aromatic N) is 4. The number of ether oxygens (including phenoxy) is 3. The number of hydrogen-bond donors (Lipinski definition) is 2. The van der Waals surface area contributed by atoms with Crippen LogP contribution in [0, 0.1) is 5.41 Å². The summed E-state index contributed by atoms with van der Waals surface area (Å²) in [5.41, 5.74) is 5.11. The van der Waals surface area contributed by atoms with Gasteiger partial charge in [-0.15, -0.1) is 0 Å². The number of methoxy groups -OCH3 is 1. The topological polar surface area (TPSA) is 143 Å². The molecule has 2 heterocycles. The molecule has 0 aliphatic heterocycles. The fraction of sp³-hybridized carbons (Fsp3) is 0.538. The molecule has 0 radical (unpaired) electrons. The minimum absolute atomic E-state index is 0.134. The summed E-state index contributed by atoms with van der Waals surface area (Å²) in [7, 11) is -2.74. The number of nitrogen functional groups attached to an aromatic ring is 1. The SMILES string of the molecule is CCCOC(=O)C(C)(C)CP(=O)(CO[C@H](C)Cn1cnc2c(N)ncnc21)N[C@@H](c1cccc(OC)c1)C(F)(F)F. The standard InChI is InChI=1S/C26H36F3N6O5P/c1-6-10-39-24(36)25(3,4)13-41(37,34-21(26(27,28)29)18-8-7-9-19(11-18)38-5)16-40-17(2)12-35-15-33-20-22(30)31-14-32-23(20)35/h7-9,11,14-15,17,21H,6,10,12-13,16H2,1-5H3,(H,34,37)(H2,30,31,32)/t17-,21+,41?/m1/s1. The Labute approximate surface area is 236 Å². The minimum Gasteiger partial charge on any atom is -0.497 e. The first kappa shape index (κ1) is 32.3. The second-order valence-electron chi connectivity index (χ2n) is 10.4. The minimum atomic E-state index is -4.82. The molecule has 226 valence electrons. The largest absolute Gasteiger partial charge is 0.497 e. The maximum absolute atomic E-state index is 14.4. The molecule has 0 saturated carbocycles. The lowest BCUT2D eigenvalue weighted by Gasteiger charge is -2.33. The first-order valence-electron chi connectivity index (χ1n) is 13.0. The summed E-state index contributed by atoms with van der Waals surface area (Å²) < 4.78 is 75.3. The fourth-order valence-corrected chi connectivity index (χ4v) is 7.15.